The first-order valence-corrected chi connectivity index (χ1v) is 5.51. The molecule has 3 N–H and O–H groups in total. The molecule has 5 nitrogen and oxygen atoms in total. The summed E-state index contributed by atoms with van der Waals surface area (Å²) in [6, 6.07) is 2.94. The maximum absolute atomic E-state index is 13.4. The standard InChI is InChI=1S/C11H12ClFN2O3/c1-6(5-9(16)17)14-11(18)15-8-4-2-3-7(12)10(8)13/h2-4,6H,5H2,1H3,(H,16,17)(H2,14,15,18). The average molecular weight is 275 g/mol. The number of carboxylic acid groups (broad SMARTS) is 1. The molecule has 0 spiro atoms. The number of carbonyl (C=O) groups excluding carboxylic acids is 1. The fraction of sp³-hybridized carbons (Fsp3) is 0.273. The molecule has 0 bridgehead atoms. The van der Waals surface area contributed by atoms with E-state index < -0.39 is 23.9 Å². The van der Waals surface area contributed by atoms with Gasteiger partial charge in [0.1, 0.15) is 0 Å². The molecule has 2 amide bonds. The van der Waals surface area contributed by atoms with Crippen molar-refractivity contribution in [1.29, 1.82) is 0 Å². The lowest BCUT2D eigenvalue weighted by Gasteiger charge is -2.13. The lowest BCUT2D eigenvalue weighted by Crippen LogP contribution is -2.37. The van der Waals surface area contributed by atoms with Crippen LogP contribution in [0.25, 0.3) is 0 Å². The summed E-state index contributed by atoms with van der Waals surface area (Å²) in [5, 5.41) is 13.0. The summed E-state index contributed by atoms with van der Waals surface area (Å²) in [4.78, 5) is 21.8. The van der Waals surface area contributed by atoms with Crippen molar-refractivity contribution in [3.8, 4) is 0 Å². The number of benzene rings is 1. The first-order valence-electron chi connectivity index (χ1n) is 5.13. The van der Waals surface area contributed by atoms with E-state index in [1.165, 1.54) is 25.1 Å². The minimum absolute atomic E-state index is 0.0671. The number of rotatable bonds is 4. The van der Waals surface area contributed by atoms with Crippen LogP contribution in [0.15, 0.2) is 18.2 Å². The van der Waals surface area contributed by atoms with E-state index in [9.17, 15) is 14.0 Å². The van der Waals surface area contributed by atoms with Crippen LogP contribution in [0.3, 0.4) is 0 Å². The lowest BCUT2D eigenvalue weighted by molar-refractivity contribution is -0.137. The molecule has 0 saturated carbocycles. The molecular weight excluding hydrogens is 263 g/mol. The molecular formula is C11H12ClFN2O3. The first kappa shape index (κ1) is 14.2. The van der Waals surface area contributed by atoms with Gasteiger partial charge in [-0.1, -0.05) is 17.7 Å². The highest BCUT2D eigenvalue weighted by atomic mass is 35.5. The molecule has 0 aliphatic heterocycles. The molecule has 0 saturated heterocycles. The number of hydrogen-bond donors (Lipinski definition) is 3. The number of amides is 2. The molecule has 7 heteroatoms. The van der Waals surface area contributed by atoms with Crippen LogP contribution in [0.1, 0.15) is 13.3 Å². The number of anilines is 1. The van der Waals surface area contributed by atoms with Crippen molar-refractivity contribution in [2.24, 2.45) is 0 Å². The van der Waals surface area contributed by atoms with Crippen molar-refractivity contribution in [1.82, 2.24) is 5.32 Å². The Balaban J connectivity index is 2.59. The third kappa shape index (κ3) is 4.21. The Kier molecular flexibility index (Phi) is 4.91. The van der Waals surface area contributed by atoms with E-state index in [1.54, 1.807) is 0 Å². The van der Waals surface area contributed by atoms with Crippen LogP contribution in [0.5, 0.6) is 0 Å². The lowest BCUT2D eigenvalue weighted by atomic mass is 10.2. The van der Waals surface area contributed by atoms with Gasteiger partial charge < -0.3 is 15.7 Å². The summed E-state index contributed by atoms with van der Waals surface area (Å²) < 4.78 is 13.4. The van der Waals surface area contributed by atoms with Gasteiger partial charge in [-0.05, 0) is 19.1 Å². The van der Waals surface area contributed by atoms with Gasteiger partial charge in [-0.3, -0.25) is 4.79 Å². The predicted molar refractivity (Wildman–Crippen MR) is 65.3 cm³/mol. The summed E-state index contributed by atoms with van der Waals surface area (Å²) in [5.74, 6) is -1.77. The van der Waals surface area contributed by atoms with E-state index in [2.05, 4.69) is 10.6 Å². The van der Waals surface area contributed by atoms with E-state index >= 15 is 0 Å². The zero-order chi connectivity index (χ0) is 13.7. The third-order valence-corrected chi connectivity index (χ3v) is 2.35. The molecule has 0 aliphatic rings. The Hall–Kier alpha value is -1.82. The summed E-state index contributed by atoms with van der Waals surface area (Å²) >= 11 is 5.55. The molecule has 0 radical (unpaired) electrons. The largest absolute Gasteiger partial charge is 0.481 e. The highest BCUT2D eigenvalue weighted by Crippen LogP contribution is 2.21. The highest BCUT2D eigenvalue weighted by molar-refractivity contribution is 6.31. The number of aliphatic carboxylic acids is 1. The Morgan fingerprint density at radius 3 is 2.78 bits per heavy atom. The highest BCUT2D eigenvalue weighted by Gasteiger charge is 2.13. The molecule has 1 atom stereocenters. The van der Waals surface area contributed by atoms with E-state index in [4.69, 9.17) is 16.7 Å². The van der Waals surface area contributed by atoms with Gasteiger partial charge in [0.15, 0.2) is 5.82 Å². The van der Waals surface area contributed by atoms with Gasteiger partial charge in [-0.15, -0.1) is 0 Å². The Labute approximate surface area is 108 Å². The first-order chi connectivity index (χ1) is 8.40. The quantitative estimate of drug-likeness (QED) is 0.789. The average Bonchev–Trinajstić information content (AvgIpc) is 2.23. The Morgan fingerprint density at radius 1 is 1.50 bits per heavy atom. The zero-order valence-electron chi connectivity index (χ0n) is 9.54. The molecule has 98 valence electrons. The molecule has 1 aromatic carbocycles. The second kappa shape index (κ2) is 6.20. The number of urea groups is 1. The minimum Gasteiger partial charge on any atom is -0.481 e. The van der Waals surface area contributed by atoms with Gasteiger partial charge in [0.05, 0.1) is 17.1 Å². The molecule has 18 heavy (non-hydrogen) atoms. The summed E-state index contributed by atoms with van der Waals surface area (Å²) in [5.41, 5.74) is -0.0671. The van der Waals surface area contributed by atoms with Crippen molar-refractivity contribution in [3.63, 3.8) is 0 Å². The normalized spacial score (nSPS) is 11.7. The summed E-state index contributed by atoms with van der Waals surface area (Å²) in [6.45, 7) is 1.53. The number of carboxylic acids is 1. The van der Waals surface area contributed by atoms with E-state index in [0.717, 1.165) is 0 Å². The van der Waals surface area contributed by atoms with Crippen LogP contribution in [0.2, 0.25) is 5.02 Å². The number of nitrogens with one attached hydrogen (secondary N) is 2. The van der Waals surface area contributed by atoms with Crippen molar-refractivity contribution in [3.05, 3.63) is 29.0 Å². The zero-order valence-corrected chi connectivity index (χ0v) is 10.3. The van der Waals surface area contributed by atoms with Gasteiger partial charge in [-0.25, -0.2) is 9.18 Å². The monoisotopic (exact) mass is 274 g/mol. The van der Waals surface area contributed by atoms with Crippen molar-refractivity contribution in [2.45, 2.75) is 19.4 Å². The topological polar surface area (TPSA) is 78.4 Å². The van der Waals surface area contributed by atoms with Crippen LogP contribution in [-0.4, -0.2) is 23.1 Å². The molecule has 0 heterocycles. The molecule has 0 aromatic heterocycles. The molecule has 1 aromatic rings. The van der Waals surface area contributed by atoms with Crippen LogP contribution in [-0.2, 0) is 4.79 Å². The van der Waals surface area contributed by atoms with Crippen LogP contribution in [0.4, 0.5) is 14.9 Å². The van der Waals surface area contributed by atoms with Crippen molar-refractivity contribution in [2.75, 3.05) is 5.32 Å². The van der Waals surface area contributed by atoms with Crippen molar-refractivity contribution >= 4 is 29.3 Å². The second-order valence-corrected chi connectivity index (χ2v) is 4.11. The summed E-state index contributed by atoms with van der Waals surface area (Å²) in [7, 11) is 0. The van der Waals surface area contributed by atoms with Crippen LogP contribution < -0.4 is 10.6 Å². The molecule has 1 unspecified atom stereocenters. The predicted octanol–water partition coefficient (Wildman–Crippen LogP) is 2.46. The Morgan fingerprint density at radius 2 is 2.17 bits per heavy atom. The van der Waals surface area contributed by atoms with E-state index in [1.807, 2.05) is 0 Å². The van der Waals surface area contributed by atoms with Crippen LogP contribution >= 0.6 is 11.6 Å². The fourth-order valence-electron chi connectivity index (χ4n) is 1.30. The fourth-order valence-corrected chi connectivity index (χ4v) is 1.47. The van der Waals surface area contributed by atoms with Gasteiger partial charge in [-0.2, -0.15) is 0 Å². The summed E-state index contributed by atoms with van der Waals surface area (Å²) in [6.07, 6.45) is -0.217. The van der Waals surface area contributed by atoms with Crippen molar-refractivity contribution < 1.29 is 19.1 Å². The van der Waals surface area contributed by atoms with Gasteiger partial charge >= 0.3 is 12.0 Å². The second-order valence-electron chi connectivity index (χ2n) is 3.70. The van der Waals surface area contributed by atoms with Crippen LogP contribution in [0, 0.1) is 5.82 Å². The van der Waals surface area contributed by atoms with Gasteiger partial charge in [0.25, 0.3) is 0 Å². The third-order valence-electron chi connectivity index (χ3n) is 2.06. The Bertz CT molecular complexity index is 468. The minimum atomic E-state index is -1.03. The molecule has 0 fully saturated rings. The SMILES string of the molecule is CC(CC(=O)O)NC(=O)Nc1cccc(Cl)c1F. The van der Waals surface area contributed by atoms with E-state index in [0.29, 0.717) is 0 Å². The molecule has 0 aliphatic carbocycles. The van der Waals surface area contributed by atoms with E-state index in [-0.39, 0.29) is 17.1 Å². The van der Waals surface area contributed by atoms with Gasteiger partial charge in [0, 0.05) is 6.04 Å². The maximum Gasteiger partial charge on any atom is 0.319 e. The maximum atomic E-state index is 13.4. The van der Waals surface area contributed by atoms with Gasteiger partial charge in [0.2, 0.25) is 0 Å². The molecule has 1 rings (SSSR count). The number of carbonyl (C=O) groups is 2. The smallest absolute Gasteiger partial charge is 0.319 e. The number of halogens is 2. The number of hydrogen-bond acceptors (Lipinski definition) is 2.